The minimum atomic E-state index is -6.05. The predicted molar refractivity (Wildman–Crippen MR) is 230 cm³/mol. The van der Waals surface area contributed by atoms with Crippen LogP contribution in [0.2, 0.25) is 0 Å². The van der Waals surface area contributed by atoms with E-state index < -0.39 is 78.1 Å². The Morgan fingerprint density at radius 3 is 1.48 bits per heavy atom. The fourth-order valence-corrected chi connectivity index (χ4v) is 9.68. The predicted octanol–water partition coefficient (Wildman–Crippen LogP) is 10.8. The smallest absolute Gasteiger partial charge is 0.464 e. The zero-order valence-electron chi connectivity index (χ0n) is 36.0. The number of thiazole rings is 2. The first kappa shape index (κ1) is 53.0. The summed E-state index contributed by atoms with van der Waals surface area (Å²) in [7, 11) is -12.1. The van der Waals surface area contributed by atoms with Gasteiger partial charge < -0.3 is 27.3 Å². The molecule has 5 rings (SSSR count). The Kier molecular flexibility index (Phi) is 16.3. The molecule has 2 aromatic heterocycles. The number of aromatic nitrogens is 2. The van der Waals surface area contributed by atoms with E-state index in [1.807, 2.05) is 6.08 Å². The second kappa shape index (κ2) is 19.7. The number of benzene rings is 2. The van der Waals surface area contributed by atoms with Gasteiger partial charge in [-0.1, -0.05) is 6.08 Å². The van der Waals surface area contributed by atoms with Gasteiger partial charge in [0.15, 0.2) is 27.6 Å². The Hall–Kier alpha value is -3.62. The highest BCUT2D eigenvalue weighted by atomic mass is 79.9. The number of halogens is 7. The molecular formula is C39H45BrF6N2O12S4. The minimum absolute atomic E-state index is 0.00195. The number of hydrogen-bond donors (Lipinski definition) is 0. The van der Waals surface area contributed by atoms with Gasteiger partial charge in [-0.25, -0.2) is 19.6 Å². The molecule has 0 saturated carbocycles. The summed E-state index contributed by atoms with van der Waals surface area (Å²) in [5.74, 6) is -3.07. The molecule has 14 nitrogen and oxygen atoms in total. The Bertz CT molecular complexity index is 2650. The van der Waals surface area contributed by atoms with Gasteiger partial charge in [-0.05, 0) is 133 Å². The van der Waals surface area contributed by atoms with E-state index in [1.54, 1.807) is 61.5 Å². The molecule has 0 aliphatic heterocycles. The molecule has 0 bridgehead atoms. The minimum Gasteiger partial charge on any atom is -0.464 e. The monoisotopic (exact) mass is 1050 g/mol. The summed E-state index contributed by atoms with van der Waals surface area (Å²) < 4.78 is 158. The highest BCUT2D eigenvalue weighted by Crippen LogP contribution is 2.47. The van der Waals surface area contributed by atoms with Crippen molar-refractivity contribution in [3.63, 3.8) is 0 Å². The van der Waals surface area contributed by atoms with Crippen LogP contribution in [0.5, 0.6) is 11.5 Å². The van der Waals surface area contributed by atoms with Crippen LogP contribution < -0.4 is 8.37 Å². The molecule has 2 heterocycles. The van der Waals surface area contributed by atoms with Gasteiger partial charge in [-0.3, -0.25) is 0 Å². The fraction of sp³-hybridized carbons (Fsp3) is 0.538. The highest BCUT2D eigenvalue weighted by Gasteiger charge is 2.51. The van der Waals surface area contributed by atoms with Crippen LogP contribution in [0.3, 0.4) is 0 Å². The Balaban J connectivity index is 0.000000283. The second-order valence-corrected chi connectivity index (χ2v) is 22.2. The zero-order chi connectivity index (χ0) is 48.5. The topological polar surface area (TPSA) is 184 Å². The Morgan fingerprint density at radius 2 is 1.12 bits per heavy atom. The maximum absolute atomic E-state index is 13.3. The number of ether oxygens (including phenoxy) is 4. The molecular weight excluding hydrogens is 1010 g/mol. The van der Waals surface area contributed by atoms with Crippen molar-refractivity contribution in [2.75, 3.05) is 13.2 Å². The molecule has 0 unspecified atom stereocenters. The summed E-state index contributed by atoms with van der Waals surface area (Å²) in [5, 5.41) is 0.558. The van der Waals surface area contributed by atoms with Gasteiger partial charge in [0.05, 0.1) is 44.8 Å². The van der Waals surface area contributed by atoms with Crippen LogP contribution in [0.25, 0.3) is 26.0 Å². The largest absolute Gasteiger partial charge is 0.534 e. The van der Waals surface area contributed by atoms with Crippen molar-refractivity contribution in [1.29, 1.82) is 0 Å². The van der Waals surface area contributed by atoms with Crippen LogP contribution in [0.4, 0.5) is 26.3 Å². The number of esters is 2. The maximum Gasteiger partial charge on any atom is 0.534 e. The zero-order valence-corrected chi connectivity index (χ0v) is 40.8. The van der Waals surface area contributed by atoms with E-state index in [9.17, 15) is 52.8 Å². The van der Waals surface area contributed by atoms with Crippen LogP contribution in [0, 0.1) is 13.8 Å². The van der Waals surface area contributed by atoms with E-state index in [2.05, 4.69) is 30.1 Å². The van der Waals surface area contributed by atoms with Gasteiger partial charge in [0, 0.05) is 11.1 Å². The first-order chi connectivity index (χ1) is 29.2. The summed E-state index contributed by atoms with van der Waals surface area (Å²) in [6.45, 7) is 15.9. The average Bonchev–Trinajstić information content (AvgIpc) is 3.89. The second-order valence-electron chi connectivity index (χ2n) is 15.9. The SMILES string of the molecule is CCOC(=O)[C@@H](OC(C)(C)C)c1c(C)cc2nc(Br)sc2c1OS(=O)(=O)C(F)(F)F.CCOC(=O)[C@@H](OC(C)(C)C)c1c(C)cc2nc(C3=CCCC3)sc2c1OS(=O)(=O)C(F)(F)F. The van der Waals surface area contributed by atoms with E-state index >= 15 is 0 Å². The number of aryl methyl sites for hydroxylation is 2. The quantitative estimate of drug-likeness (QED) is 0.0533. The summed E-state index contributed by atoms with van der Waals surface area (Å²) in [4.78, 5) is 34.1. The van der Waals surface area contributed by atoms with Crippen molar-refractivity contribution in [2.45, 2.75) is 123 Å². The number of rotatable bonds is 13. The van der Waals surface area contributed by atoms with Crippen LogP contribution in [-0.4, -0.2) is 74.2 Å². The third-order valence-electron chi connectivity index (χ3n) is 8.48. The highest BCUT2D eigenvalue weighted by molar-refractivity contribution is 9.11. The van der Waals surface area contributed by atoms with Gasteiger partial charge >= 0.3 is 43.2 Å². The van der Waals surface area contributed by atoms with Gasteiger partial charge in [0.25, 0.3) is 0 Å². The van der Waals surface area contributed by atoms with Crippen molar-refractivity contribution in [3.05, 3.63) is 49.4 Å². The van der Waals surface area contributed by atoms with Crippen molar-refractivity contribution in [3.8, 4) is 11.5 Å². The maximum atomic E-state index is 13.3. The van der Waals surface area contributed by atoms with Crippen molar-refractivity contribution < 1.29 is 80.1 Å². The first-order valence-electron chi connectivity index (χ1n) is 19.1. The Morgan fingerprint density at radius 1 is 0.719 bits per heavy atom. The lowest BCUT2D eigenvalue weighted by Gasteiger charge is -2.28. The molecule has 0 fully saturated rings. The van der Waals surface area contributed by atoms with E-state index in [1.165, 1.54) is 19.9 Å². The number of fused-ring (bicyclic) bond motifs is 2. The van der Waals surface area contributed by atoms with Gasteiger partial charge in [0.2, 0.25) is 0 Å². The van der Waals surface area contributed by atoms with Crippen LogP contribution >= 0.6 is 38.6 Å². The number of alkyl halides is 6. The molecule has 25 heteroatoms. The first-order valence-corrected chi connectivity index (χ1v) is 24.4. The van der Waals surface area contributed by atoms with E-state index in [0.29, 0.717) is 5.01 Å². The number of carbonyl (C=O) groups is 2. The van der Waals surface area contributed by atoms with Crippen molar-refractivity contribution in [2.24, 2.45) is 0 Å². The summed E-state index contributed by atoms with van der Waals surface area (Å²) in [6, 6.07) is 3.07. The van der Waals surface area contributed by atoms with E-state index in [4.69, 9.17) is 23.1 Å². The third kappa shape index (κ3) is 12.6. The molecule has 0 radical (unpaired) electrons. The van der Waals surface area contributed by atoms with Gasteiger partial charge in [-0.2, -0.15) is 43.2 Å². The molecule has 2 atom stereocenters. The van der Waals surface area contributed by atoms with Crippen molar-refractivity contribution >= 4 is 96.8 Å². The molecule has 2 aromatic carbocycles. The van der Waals surface area contributed by atoms with Crippen LogP contribution in [-0.2, 0) is 48.8 Å². The lowest BCUT2D eigenvalue weighted by atomic mass is 10.00. The lowest BCUT2D eigenvalue weighted by Crippen LogP contribution is -2.31. The normalized spacial score (nSPS) is 15.0. The van der Waals surface area contributed by atoms with Gasteiger partial charge in [0.1, 0.15) is 5.01 Å². The average molecular weight is 1060 g/mol. The summed E-state index contributed by atoms with van der Waals surface area (Å²) in [5.41, 5.74) is -11.6. The molecule has 0 amide bonds. The number of nitrogens with zero attached hydrogens (tertiary/aromatic N) is 2. The molecule has 1 aliphatic carbocycles. The molecule has 64 heavy (non-hydrogen) atoms. The van der Waals surface area contributed by atoms with Crippen LogP contribution in [0.15, 0.2) is 22.1 Å². The summed E-state index contributed by atoms with van der Waals surface area (Å²) >= 11 is 4.99. The van der Waals surface area contributed by atoms with E-state index in [-0.39, 0.29) is 59.8 Å². The fourth-order valence-electron chi connectivity index (χ4n) is 6.05. The summed E-state index contributed by atoms with van der Waals surface area (Å²) in [6.07, 6.45) is 1.45. The molecule has 0 saturated heterocycles. The van der Waals surface area contributed by atoms with E-state index in [0.717, 1.165) is 47.5 Å². The van der Waals surface area contributed by atoms with Crippen LogP contribution in [0.1, 0.15) is 114 Å². The van der Waals surface area contributed by atoms with Crippen molar-refractivity contribution in [1.82, 2.24) is 9.97 Å². The molecule has 356 valence electrons. The number of hydrogen-bond acceptors (Lipinski definition) is 16. The third-order valence-corrected chi connectivity index (χ3v) is 13.0. The molecule has 4 aromatic rings. The lowest BCUT2D eigenvalue weighted by molar-refractivity contribution is -0.167. The number of allylic oxidation sites excluding steroid dienone is 2. The number of carbonyl (C=O) groups excluding carboxylic acids is 2. The van der Waals surface area contributed by atoms with Gasteiger partial charge in [-0.15, -0.1) is 22.7 Å². The molecule has 0 N–H and O–H groups in total. The standard InChI is InChI=1S/C22H26F3NO6S2.C17H19BrF3NO6S2/c1-6-30-20(27)17(31-21(3,4)5)15-12(2)11-14-18(16(15)32-34(28,29)22(23,24)25)33-19(26-14)13-9-7-8-10-13;1-6-26-14(23)12(27-16(3,4)5)10-8(2)7-9-13(29-15(18)22-9)11(10)28-30(24,25)17(19,20)21/h9,11,17H,6-8,10H2,1-5H3;7,12H,6H2,1-5H3/t17-;12-/m00/s1. The molecule has 0 spiro atoms. The Labute approximate surface area is 382 Å². The molecule has 1 aliphatic rings.